The van der Waals surface area contributed by atoms with Gasteiger partial charge in [0.2, 0.25) is 5.75 Å². The zero-order valence-corrected chi connectivity index (χ0v) is 11.7. The minimum atomic E-state index is 0.307. The number of aryl methyl sites for hydroxylation is 1. The van der Waals surface area contributed by atoms with Gasteiger partial charge in [-0.3, -0.25) is 0 Å². The summed E-state index contributed by atoms with van der Waals surface area (Å²) in [5, 5.41) is 3.15. The van der Waals surface area contributed by atoms with Crippen molar-refractivity contribution >= 4 is 33.3 Å². The summed E-state index contributed by atoms with van der Waals surface area (Å²) in [4.78, 5) is 7.99. The van der Waals surface area contributed by atoms with E-state index in [1.165, 1.54) is 13.4 Å². The van der Waals surface area contributed by atoms with Crippen molar-refractivity contribution in [2.45, 2.75) is 6.92 Å². The molecule has 0 bridgehead atoms. The fourth-order valence-corrected chi connectivity index (χ4v) is 1.86. The van der Waals surface area contributed by atoms with Gasteiger partial charge in [0.25, 0.3) is 0 Å². The summed E-state index contributed by atoms with van der Waals surface area (Å²) in [6, 6.07) is 5.92. The van der Waals surface area contributed by atoms with Gasteiger partial charge in [-0.2, -0.15) is 0 Å². The molecule has 5 nitrogen and oxygen atoms in total. The van der Waals surface area contributed by atoms with E-state index in [0.717, 1.165) is 15.7 Å². The first-order chi connectivity index (χ1) is 8.61. The molecule has 0 amide bonds. The number of nitrogens with one attached hydrogen (secondary N) is 1. The van der Waals surface area contributed by atoms with E-state index in [4.69, 9.17) is 10.5 Å². The van der Waals surface area contributed by atoms with Crippen LogP contribution in [0.2, 0.25) is 0 Å². The number of nitrogens with two attached hydrogens (primary N) is 1. The van der Waals surface area contributed by atoms with Crippen molar-refractivity contribution < 1.29 is 4.74 Å². The summed E-state index contributed by atoms with van der Waals surface area (Å²) in [5.74, 6) is 1.29. The summed E-state index contributed by atoms with van der Waals surface area (Å²) in [5.41, 5.74) is 7.77. The molecule has 1 aromatic heterocycles. The molecule has 0 spiro atoms. The number of nitrogen functional groups attached to an aromatic ring is 1. The van der Waals surface area contributed by atoms with Gasteiger partial charge in [0.1, 0.15) is 6.33 Å². The normalized spacial score (nSPS) is 10.2. The van der Waals surface area contributed by atoms with Crippen molar-refractivity contribution in [3.63, 3.8) is 0 Å². The second-order valence-electron chi connectivity index (χ2n) is 3.73. The molecule has 1 aromatic carbocycles. The van der Waals surface area contributed by atoms with Crippen LogP contribution in [0.5, 0.6) is 5.75 Å². The molecule has 0 fully saturated rings. The lowest BCUT2D eigenvalue weighted by Crippen LogP contribution is -2.02. The fourth-order valence-electron chi connectivity index (χ4n) is 1.48. The van der Waals surface area contributed by atoms with Crippen LogP contribution in [-0.2, 0) is 0 Å². The predicted molar refractivity (Wildman–Crippen MR) is 75.2 cm³/mol. The van der Waals surface area contributed by atoms with Crippen molar-refractivity contribution in [1.82, 2.24) is 9.97 Å². The summed E-state index contributed by atoms with van der Waals surface area (Å²) in [6.45, 7) is 2.02. The quantitative estimate of drug-likeness (QED) is 0.912. The third-order valence-corrected chi connectivity index (χ3v) is 3.32. The Morgan fingerprint density at radius 2 is 2.11 bits per heavy atom. The highest BCUT2D eigenvalue weighted by molar-refractivity contribution is 9.10. The highest BCUT2D eigenvalue weighted by Crippen LogP contribution is 2.30. The molecule has 3 N–H and O–H groups in total. The third kappa shape index (κ3) is 2.53. The molecule has 6 heteroatoms. The lowest BCUT2D eigenvalue weighted by Gasteiger charge is -2.11. The van der Waals surface area contributed by atoms with Crippen LogP contribution < -0.4 is 15.8 Å². The van der Waals surface area contributed by atoms with Gasteiger partial charge in [-0.1, -0.05) is 22.0 Å². The Morgan fingerprint density at radius 1 is 1.33 bits per heavy atom. The van der Waals surface area contributed by atoms with Crippen LogP contribution in [0.1, 0.15) is 5.56 Å². The Kier molecular flexibility index (Phi) is 3.66. The SMILES string of the molecule is COc1c(N)ncnc1Nc1ccc(C)c(Br)c1. The van der Waals surface area contributed by atoms with Gasteiger partial charge in [0.15, 0.2) is 11.6 Å². The lowest BCUT2D eigenvalue weighted by molar-refractivity contribution is 0.415. The molecule has 0 unspecified atom stereocenters. The van der Waals surface area contributed by atoms with Crippen molar-refractivity contribution in [1.29, 1.82) is 0 Å². The molecule has 94 valence electrons. The van der Waals surface area contributed by atoms with Gasteiger partial charge in [-0.05, 0) is 24.6 Å². The molecule has 0 atom stereocenters. The van der Waals surface area contributed by atoms with E-state index >= 15 is 0 Å². The van der Waals surface area contributed by atoms with Gasteiger partial charge in [0.05, 0.1) is 7.11 Å². The second-order valence-corrected chi connectivity index (χ2v) is 4.58. The number of anilines is 3. The minimum Gasteiger partial charge on any atom is -0.490 e. The largest absolute Gasteiger partial charge is 0.490 e. The number of rotatable bonds is 3. The number of ether oxygens (including phenoxy) is 1. The maximum atomic E-state index is 5.71. The van der Waals surface area contributed by atoms with E-state index in [2.05, 4.69) is 31.2 Å². The Labute approximate surface area is 114 Å². The average Bonchev–Trinajstić information content (AvgIpc) is 2.34. The highest BCUT2D eigenvalue weighted by atomic mass is 79.9. The maximum absolute atomic E-state index is 5.71. The Bertz CT molecular complexity index is 574. The summed E-state index contributed by atoms with van der Waals surface area (Å²) >= 11 is 3.48. The fraction of sp³-hybridized carbons (Fsp3) is 0.167. The third-order valence-electron chi connectivity index (χ3n) is 2.47. The monoisotopic (exact) mass is 308 g/mol. The first-order valence-electron chi connectivity index (χ1n) is 5.29. The van der Waals surface area contributed by atoms with Gasteiger partial charge in [-0.15, -0.1) is 0 Å². The van der Waals surface area contributed by atoms with Gasteiger partial charge >= 0.3 is 0 Å². The Hall–Kier alpha value is -1.82. The van der Waals surface area contributed by atoms with Crippen LogP contribution in [0.3, 0.4) is 0 Å². The number of hydrogen-bond donors (Lipinski definition) is 2. The van der Waals surface area contributed by atoms with Crippen LogP contribution in [0.25, 0.3) is 0 Å². The standard InChI is InChI=1S/C12H13BrN4O/c1-7-3-4-8(5-9(7)13)17-12-10(18-2)11(14)15-6-16-12/h3-6H,1-2H3,(H3,14,15,16,17). The number of halogens is 1. The van der Waals surface area contributed by atoms with Crippen molar-refractivity contribution in [3.05, 3.63) is 34.6 Å². The maximum Gasteiger partial charge on any atom is 0.204 e. The zero-order chi connectivity index (χ0) is 13.1. The highest BCUT2D eigenvalue weighted by Gasteiger charge is 2.09. The van der Waals surface area contributed by atoms with E-state index in [9.17, 15) is 0 Å². The number of nitrogens with zero attached hydrogens (tertiary/aromatic N) is 2. The van der Waals surface area contributed by atoms with Gasteiger partial charge in [-0.25, -0.2) is 9.97 Å². The molecule has 2 rings (SSSR count). The molecule has 2 aromatic rings. The smallest absolute Gasteiger partial charge is 0.204 e. The van der Waals surface area contributed by atoms with E-state index in [1.54, 1.807) is 0 Å². The molecular weight excluding hydrogens is 296 g/mol. The molecule has 0 saturated heterocycles. The molecular formula is C12H13BrN4O. The number of aromatic nitrogens is 2. The summed E-state index contributed by atoms with van der Waals surface area (Å²) < 4.78 is 6.20. The minimum absolute atomic E-state index is 0.307. The molecule has 18 heavy (non-hydrogen) atoms. The first-order valence-corrected chi connectivity index (χ1v) is 6.08. The lowest BCUT2D eigenvalue weighted by atomic mass is 10.2. The van der Waals surface area contributed by atoms with E-state index in [1.807, 2.05) is 25.1 Å². The Morgan fingerprint density at radius 3 is 2.78 bits per heavy atom. The van der Waals surface area contributed by atoms with Crippen LogP contribution >= 0.6 is 15.9 Å². The van der Waals surface area contributed by atoms with Crippen LogP contribution in [0.15, 0.2) is 29.0 Å². The van der Waals surface area contributed by atoms with E-state index in [-0.39, 0.29) is 0 Å². The van der Waals surface area contributed by atoms with Crippen molar-refractivity contribution in [2.24, 2.45) is 0 Å². The van der Waals surface area contributed by atoms with E-state index < -0.39 is 0 Å². The average molecular weight is 309 g/mol. The molecule has 0 saturated carbocycles. The number of hydrogen-bond acceptors (Lipinski definition) is 5. The van der Waals surface area contributed by atoms with Crippen molar-refractivity contribution in [3.8, 4) is 5.75 Å². The van der Waals surface area contributed by atoms with Crippen LogP contribution in [0.4, 0.5) is 17.3 Å². The molecule has 0 aliphatic rings. The van der Waals surface area contributed by atoms with E-state index in [0.29, 0.717) is 17.4 Å². The molecule has 1 heterocycles. The molecule has 0 radical (unpaired) electrons. The van der Waals surface area contributed by atoms with Gasteiger partial charge < -0.3 is 15.8 Å². The second kappa shape index (κ2) is 5.22. The zero-order valence-electron chi connectivity index (χ0n) is 10.1. The summed E-state index contributed by atoms with van der Waals surface area (Å²) in [7, 11) is 1.53. The topological polar surface area (TPSA) is 73.1 Å². The van der Waals surface area contributed by atoms with Crippen molar-refractivity contribution in [2.75, 3.05) is 18.2 Å². The molecule has 0 aliphatic heterocycles. The van der Waals surface area contributed by atoms with Crippen LogP contribution in [0, 0.1) is 6.92 Å². The number of benzene rings is 1. The number of methoxy groups -OCH3 is 1. The van der Waals surface area contributed by atoms with Gasteiger partial charge in [0, 0.05) is 10.2 Å². The summed E-state index contributed by atoms with van der Waals surface area (Å²) in [6.07, 6.45) is 1.39. The molecule has 0 aliphatic carbocycles. The van der Waals surface area contributed by atoms with Crippen LogP contribution in [-0.4, -0.2) is 17.1 Å². The predicted octanol–water partition coefficient (Wildman–Crippen LogP) is 2.88. The first kappa shape index (κ1) is 12.6. The Balaban J connectivity index is 2.34.